The van der Waals surface area contributed by atoms with Gasteiger partial charge in [-0.15, -0.1) is 0 Å². The number of hydrogen-bond acceptors (Lipinski definition) is 4. The third-order valence-corrected chi connectivity index (χ3v) is 3.24. The molecule has 16 heavy (non-hydrogen) atoms. The van der Waals surface area contributed by atoms with Gasteiger partial charge in [0.2, 0.25) is 6.79 Å². The maximum Gasteiger partial charge on any atom is 0.231 e. The van der Waals surface area contributed by atoms with Crippen molar-refractivity contribution in [2.45, 2.75) is 18.4 Å². The molecule has 0 saturated heterocycles. The maximum absolute atomic E-state index is 10.8. The highest BCUT2D eigenvalue weighted by Gasteiger charge is 2.47. The normalized spacial score (nSPS) is 19.6. The Morgan fingerprint density at radius 1 is 1.38 bits per heavy atom. The van der Waals surface area contributed by atoms with Crippen LogP contribution in [0.3, 0.4) is 0 Å². The van der Waals surface area contributed by atoms with E-state index in [-0.39, 0.29) is 6.79 Å². The molecule has 0 amide bonds. The molecule has 4 nitrogen and oxygen atoms in total. The summed E-state index contributed by atoms with van der Waals surface area (Å²) in [6, 6.07) is 1.51. The lowest BCUT2D eigenvalue weighted by molar-refractivity contribution is 0.111. The fourth-order valence-corrected chi connectivity index (χ4v) is 2.33. The van der Waals surface area contributed by atoms with Crippen LogP contribution in [0, 0.1) is 0 Å². The second-order valence-corrected chi connectivity index (χ2v) is 4.44. The van der Waals surface area contributed by atoms with Crippen LogP contribution < -0.4 is 9.47 Å². The lowest BCUT2D eigenvalue weighted by atomic mass is 10.0. The smallest absolute Gasteiger partial charge is 0.231 e. The van der Waals surface area contributed by atoms with Gasteiger partial charge < -0.3 is 14.6 Å². The molecule has 1 aromatic rings. The topological polar surface area (TPSA) is 55.8 Å². The van der Waals surface area contributed by atoms with E-state index in [2.05, 4.69) is 0 Å². The van der Waals surface area contributed by atoms with Crippen molar-refractivity contribution in [3.8, 4) is 11.5 Å². The summed E-state index contributed by atoms with van der Waals surface area (Å²) >= 11 is 6.06. The molecule has 1 aliphatic carbocycles. The van der Waals surface area contributed by atoms with Gasteiger partial charge in [0.15, 0.2) is 17.8 Å². The summed E-state index contributed by atoms with van der Waals surface area (Å²) in [5.41, 5.74) is -0.00576. The number of aliphatic hydroxyl groups is 1. The molecule has 1 N–H and O–H groups in total. The average Bonchev–Trinajstić information content (AvgIpc) is 2.81. The fraction of sp³-hybridized carbons (Fsp3) is 0.364. The monoisotopic (exact) mass is 240 g/mol. The highest BCUT2D eigenvalue weighted by molar-refractivity contribution is 6.32. The summed E-state index contributed by atoms with van der Waals surface area (Å²) in [7, 11) is 0. The number of benzene rings is 1. The largest absolute Gasteiger partial charge is 0.453 e. The van der Waals surface area contributed by atoms with Gasteiger partial charge in [-0.2, -0.15) is 0 Å². The Morgan fingerprint density at radius 2 is 2.06 bits per heavy atom. The predicted molar refractivity (Wildman–Crippen MR) is 56.1 cm³/mol. The number of ether oxygens (including phenoxy) is 2. The molecule has 84 valence electrons. The Balaban J connectivity index is 2.26. The number of hydrogen-bond donors (Lipinski definition) is 1. The Hall–Kier alpha value is -1.26. The zero-order valence-corrected chi connectivity index (χ0v) is 9.08. The Morgan fingerprint density at radius 3 is 2.69 bits per heavy atom. The van der Waals surface area contributed by atoms with E-state index in [0.29, 0.717) is 46.8 Å². The first-order valence-corrected chi connectivity index (χ1v) is 5.33. The van der Waals surface area contributed by atoms with Crippen molar-refractivity contribution >= 4 is 17.9 Å². The maximum atomic E-state index is 10.8. The molecule has 1 aliphatic heterocycles. The van der Waals surface area contributed by atoms with Crippen LogP contribution in [0.4, 0.5) is 0 Å². The molecule has 0 atom stereocenters. The molecule has 2 aliphatic rings. The van der Waals surface area contributed by atoms with Crippen LogP contribution in [0.15, 0.2) is 6.07 Å². The average molecular weight is 241 g/mol. The van der Waals surface area contributed by atoms with Crippen LogP contribution in [0.1, 0.15) is 28.8 Å². The third-order valence-electron chi connectivity index (χ3n) is 2.94. The highest BCUT2D eigenvalue weighted by Crippen LogP contribution is 2.55. The highest BCUT2D eigenvalue weighted by atomic mass is 35.5. The molecule has 0 radical (unpaired) electrons. The van der Waals surface area contributed by atoms with Crippen molar-refractivity contribution in [3.63, 3.8) is 0 Å². The summed E-state index contributed by atoms with van der Waals surface area (Å²) in [6.07, 6.45) is 1.98. The molecule has 0 unspecified atom stereocenters. The van der Waals surface area contributed by atoms with Crippen LogP contribution in [-0.4, -0.2) is 18.2 Å². The molecule has 0 aromatic heterocycles. The van der Waals surface area contributed by atoms with Gasteiger partial charge in [0.1, 0.15) is 0 Å². The van der Waals surface area contributed by atoms with Gasteiger partial charge >= 0.3 is 0 Å². The molecule has 0 bridgehead atoms. The van der Waals surface area contributed by atoms with Gasteiger partial charge in [-0.25, -0.2) is 0 Å². The summed E-state index contributed by atoms with van der Waals surface area (Å²) in [5.74, 6) is 0.796. The van der Waals surface area contributed by atoms with Crippen LogP contribution in [0.5, 0.6) is 11.5 Å². The number of carbonyl (C=O) groups excluding carboxylic acids is 1. The predicted octanol–water partition coefficient (Wildman–Crippen LogP) is 1.86. The van der Waals surface area contributed by atoms with Crippen molar-refractivity contribution < 1.29 is 19.4 Å². The molecule has 3 rings (SSSR count). The number of fused-ring (bicyclic) bond motifs is 1. The number of halogens is 1. The first kappa shape index (κ1) is 9.93. The quantitative estimate of drug-likeness (QED) is 0.802. The minimum Gasteiger partial charge on any atom is -0.453 e. The Bertz CT molecular complexity index is 479. The van der Waals surface area contributed by atoms with Crippen LogP contribution >= 0.6 is 11.6 Å². The van der Waals surface area contributed by atoms with Gasteiger partial charge in [0.25, 0.3) is 0 Å². The van der Waals surface area contributed by atoms with Gasteiger partial charge in [-0.05, 0) is 18.9 Å². The van der Waals surface area contributed by atoms with Crippen LogP contribution in [-0.2, 0) is 5.60 Å². The third kappa shape index (κ3) is 1.23. The first-order chi connectivity index (χ1) is 7.65. The molecule has 1 saturated carbocycles. The standard InChI is InChI=1S/C11H9ClO4/c12-7-3-6(4-13)9-10(16-5-15-9)8(7)11(14)1-2-11/h3-4,14H,1-2,5H2. The van der Waals surface area contributed by atoms with Gasteiger partial charge in [-0.1, -0.05) is 11.6 Å². The van der Waals surface area contributed by atoms with E-state index in [1.54, 1.807) is 0 Å². The van der Waals surface area contributed by atoms with Crippen molar-refractivity contribution in [1.82, 2.24) is 0 Å². The van der Waals surface area contributed by atoms with E-state index in [1.807, 2.05) is 0 Å². The van der Waals surface area contributed by atoms with Gasteiger partial charge in [-0.3, -0.25) is 4.79 Å². The van der Waals surface area contributed by atoms with E-state index in [0.717, 1.165) is 0 Å². The van der Waals surface area contributed by atoms with Crippen LogP contribution in [0.2, 0.25) is 5.02 Å². The zero-order chi connectivity index (χ0) is 11.3. The summed E-state index contributed by atoms with van der Waals surface area (Å²) in [4.78, 5) is 10.8. The summed E-state index contributed by atoms with van der Waals surface area (Å²) < 4.78 is 10.5. The van der Waals surface area contributed by atoms with E-state index < -0.39 is 5.60 Å². The van der Waals surface area contributed by atoms with E-state index >= 15 is 0 Å². The van der Waals surface area contributed by atoms with Crippen LogP contribution in [0.25, 0.3) is 0 Å². The lowest BCUT2D eigenvalue weighted by Gasteiger charge is -2.14. The van der Waals surface area contributed by atoms with Gasteiger partial charge in [0, 0.05) is 5.56 Å². The molecule has 5 heteroatoms. The minimum absolute atomic E-state index is 0.0552. The second kappa shape index (κ2) is 3.12. The van der Waals surface area contributed by atoms with E-state index in [4.69, 9.17) is 21.1 Å². The number of rotatable bonds is 2. The molecule has 1 fully saturated rings. The van der Waals surface area contributed by atoms with E-state index in [1.165, 1.54) is 6.07 Å². The molecular formula is C11H9ClO4. The lowest BCUT2D eigenvalue weighted by Crippen LogP contribution is -2.07. The molecule has 0 spiro atoms. The van der Waals surface area contributed by atoms with Crippen molar-refractivity contribution in [2.24, 2.45) is 0 Å². The first-order valence-electron chi connectivity index (χ1n) is 4.96. The SMILES string of the molecule is O=Cc1cc(Cl)c(C2(O)CC2)c2c1OCO2. The number of aldehydes is 1. The molecule has 1 aromatic carbocycles. The second-order valence-electron chi connectivity index (χ2n) is 4.04. The summed E-state index contributed by atoms with van der Waals surface area (Å²) in [6.45, 7) is 0.0552. The number of carbonyl (C=O) groups is 1. The van der Waals surface area contributed by atoms with E-state index in [9.17, 15) is 9.90 Å². The zero-order valence-electron chi connectivity index (χ0n) is 8.33. The van der Waals surface area contributed by atoms with Crippen molar-refractivity contribution in [2.75, 3.05) is 6.79 Å². The summed E-state index contributed by atoms with van der Waals surface area (Å²) in [5, 5.41) is 10.5. The Kier molecular flexibility index (Phi) is 1.94. The fourth-order valence-electron chi connectivity index (χ4n) is 1.95. The molecule has 1 heterocycles. The van der Waals surface area contributed by atoms with Crippen molar-refractivity contribution in [3.05, 3.63) is 22.2 Å². The van der Waals surface area contributed by atoms with Crippen molar-refractivity contribution in [1.29, 1.82) is 0 Å². The van der Waals surface area contributed by atoms with Gasteiger partial charge in [0.05, 0.1) is 16.2 Å². The molecular weight excluding hydrogens is 232 g/mol. The Labute approximate surface area is 96.7 Å². The minimum atomic E-state index is -0.906.